The zero-order valence-electron chi connectivity index (χ0n) is 16.3. The Labute approximate surface area is 171 Å². The number of piperidine rings is 1. The lowest BCUT2D eigenvalue weighted by atomic mass is 9.85. The van der Waals surface area contributed by atoms with Gasteiger partial charge in [-0.2, -0.15) is 0 Å². The second-order valence-electron chi connectivity index (χ2n) is 7.47. The molecule has 2 aliphatic rings. The van der Waals surface area contributed by atoms with Gasteiger partial charge in [0.05, 0.1) is 18.5 Å². The SMILES string of the molecule is COc1ccccc1NC(=S)N1CCC2(CC1)CC(c1ccc(C)cc1)=NO2. The van der Waals surface area contributed by atoms with E-state index in [2.05, 4.69) is 46.6 Å². The second-order valence-corrected chi connectivity index (χ2v) is 7.86. The van der Waals surface area contributed by atoms with Crippen molar-refractivity contribution in [2.75, 3.05) is 25.5 Å². The van der Waals surface area contributed by atoms with Gasteiger partial charge < -0.3 is 19.8 Å². The van der Waals surface area contributed by atoms with Gasteiger partial charge in [-0.25, -0.2) is 0 Å². The molecule has 0 aliphatic carbocycles. The summed E-state index contributed by atoms with van der Waals surface area (Å²) in [5, 5.41) is 8.44. The van der Waals surface area contributed by atoms with Crippen LogP contribution < -0.4 is 10.1 Å². The van der Waals surface area contributed by atoms with Gasteiger partial charge in [0.2, 0.25) is 0 Å². The van der Waals surface area contributed by atoms with Gasteiger partial charge in [-0.15, -0.1) is 0 Å². The first-order valence-corrected chi connectivity index (χ1v) is 10.0. The predicted molar refractivity (Wildman–Crippen MR) is 116 cm³/mol. The average molecular weight is 396 g/mol. The first-order chi connectivity index (χ1) is 13.6. The number of likely N-dealkylation sites (tertiary alicyclic amines) is 1. The Balaban J connectivity index is 1.35. The molecule has 0 amide bonds. The zero-order chi connectivity index (χ0) is 19.6. The zero-order valence-corrected chi connectivity index (χ0v) is 17.1. The molecule has 0 saturated carbocycles. The van der Waals surface area contributed by atoms with E-state index in [0.717, 1.165) is 60.2 Å². The summed E-state index contributed by atoms with van der Waals surface area (Å²) < 4.78 is 5.40. The van der Waals surface area contributed by atoms with E-state index < -0.39 is 0 Å². The van der Waals surface area contributed by atoms with E-state index in [-0.39, 0.29) is 5.60 Å². The van der Waals surface area contributed by atoms with Crippen LogP contribution in [0.25, 0.3) is 0 Å². The number of nitrogens with one attached hydrogen (secondary N) is 1. The van der Waals surface area contributed by atoms with Crippen LogP contribution in [-0.2, 0) is 4.84 Å². The van der Waals surface area contributed by atoms with E-state index in [1.165, 1.54) is 5.56 Å². The summed E-state index contributed by atoms with van der Waals surface area (Å²) in [4.78, 5) is 8.13. The number of para-hydroxylation sites is 2. The van der Waals surface area contributed by atoms with Crippen LogP contribution in [0, 0.1) is 6.92 Å². The molecule has 5 nitrogen and oxygen atoms in total. The van der Waals surface area contributed by atoms with Crippen molar-refractivity contribution >= 4 is 28.7 Å². The van der Waals surface area contributed by atoms with E-state index in [4.69, 9.17) is 21.8 Å². The van der Waals surface area contributed by atoms with E-state index in [1.54, 1.807) is 7.11 Å². The molecule has 4 rings (SSSR count). The van der Waals surface area contributed by atoms with Crippen LogP contribution in [0.2, 0.25) is 0 Å². The first-order valence-electron chi connectivity index (χ1n) is 9.60. The molecule has 0 bridgehead atoms. The maximum atomic E-state index is 5.94. The fraction of sp³-hybridized carbons (Fsp3) is 0.364. The summed E-state index contributed by atoms with van der Waals surface area (Å²) >= 11 is 5.63. The fourth-order valence-electron chi connectivity index (χ4n) is 3.75. The van der Waals surface area contributed by atoms with Crippen LogP contribution in [0.15, 0.2) is 53.7 Å². The van der Waals surface area contributed by atoms with Crippen molar-refractivity contribution in [2.45, 2.75) is 31.8 Å². The normalized spacial score (nSPS) is 17.8. The summed E-state index contributed by atoms with van der Waals surface area (Å²) in [5.41, 5.74) is 4.14. The molecular weight excluding hydrogens is 370 g/mol. The van der Waals surface area contributed by atoms with Crippen molar-refractivity contribution in [1.82, 2.24) is 4.90 Å². The number of thiocarbonyl (C=S) groups is 1. The maximum Gasteiger partial charge on any atom is 0.173 e. The molecule has 2 heterocycles. The molecule has 0 atom stereocenters. The highest BCUT2D eigenvalue weighted by atomic mass is 32.1. The number of anilines is 1. The number of ether oxygens (including phenoxy) is 1. The van der Waals surface area contributed by atoms with Crippen LogP contribution in [0.1, 0.15) is 30.4 Å². The summed E-state index contributed by atoms with van der Waals surface area (Å²) in [6.45, 7) is 3.78. The quantitative estimate of drug-likeness (QED) is 0.783. The van der Waals surface area contributed by atoms with Crippen LogP contribution in [0.3, 0.4) is 0 Å². The molecule has 0 aromatic heterocycles. The molecule has 6 heteroatoms. The summed E-state index contributed by atoms with van der Waals surface area (Å²) in [7, 11) is 1.66. The van der Waals surface area contributed by atoms with Crippen molar-refractivity contribution in [3.63, 3.8) is 0 Å². The monoisotopic (exact) mass is 395 g/mol. The standard InChI is InChI=1S/C22H25N3O2S/c1-16-7-9-17(10-8-16)19-15-22(27-24-19)11-13-25(14-12-22)21(28)23-18-5-3-4-6-20(18)26-2/h3-10H,11-15H2,1-2H3,(H,23,28). The van der Waals surface area contributed by atoms with Crippen molar-refractivity contribution in [2.24, 2.45) is 5.16 Å². The molecule has 1 spiro atoms. The average Bonchev–Trinajstić information content (AvgIpc) is 3.13. The van der Waals surface area contributed by atoms with Crippen molar-refractivity contribution < 1.29 is 9.57 Å². The van der Waals surface area contributed by atoms with Gasteiger partial charge >= 0.3 is 0 Å². The molecule has 2 aromatic rings. The van der Waals surface area contributed by atoms with Crippen molar-refractivity contribution in [3.05, 3.63) is 59.7 Å². The Kier molecular flexibility index (Phi) is 5.22. The summed E-state index contributed by atoms with van der Waals surface area (Å²) in [6.07, 6.45) is 2.66. The molecule has 28 heavy (non-hydrogen) atoms. The number of hydrogen-bond donors (Lipinski definition) is 1. The molecule has 1 saturated heterocycles. The van der Waals surface area contributed by atoms with Crippen LogP contribution >= 0.6 is 12.2 Å². The minimum absolute atomic E-state index is 0.198. The molecule has 2 aromatic carbocycles. The topological polar surface area (TPSA) is 46.1 Å². The third-order valence-electron chi connectivity index (χ3n) is 5.53. The van der Waals surface area contributed by atoms with E-state index >= 15 is 0 Å². The Morgan fingerprint density at radius 1 is 1.14 bits per heavy atom. The maximum absolute atomic E-state index is 5.94. The highest BCUT2D eigenvalue weighted by Crippen LogP contribution is 2.36. The predicted octanol–water partition coefficient (Wildman–Crippen LogP) is 4.36. The molecule has 2 aliphatic heterocycles. The first kappa shape index (κ1) is 18.7. The third kappa shape index (κ3) is 3.83. The van der Waals surface area contributed by atoms with Crippen LogP contribution in [-0.4, -0.2) is 41.5 Å². The lowest BCUT2D eigenvalue weighted by Gasteiger charge is -2.38. The van der Waals surface area contributed by atoms with Gasteiger partial charge in [-0.05, 0) is 36.8 Å². The van der Waals surface area contributed by atoms with Crippen molar-refractivity contribution in [3.8, 4) is 5.75 Å². The van der Waals surface area contributed by atoms with E-state index in [0.29, 0.717) is 0 Å². The van der Waals surface area contributed by atoms with Crippen LogP contribution in [0.5, 0.6) is 5.75 Å². The number of rotatable bonds is 3. The third-order valence-corrected chi connectivity index (χ3v) is 5.89. The molecular formula is C22H25N3O2S. The van der Waals surface area contributed by atoms with E-state index in [9.17, 15) is 0 Å². The summed E-state index contributed by atoms with van der Waals surface area (Å²) in [5.74, 6) is 0.786. The highest BCUT2D eigenvalue weighted by Gasteiger charge is 2.42. The van der Waals surface area contributed by atoms with Crippen molar-refractivity contribution in [1.29, 1.82) is 0 Å². The molecule has 0 radical (unpaired) electrons. The van der Waals surface area contributed by atoms with Gasteiger partial charge in [0.25, 0.3) is 0 Å². The Bertz CT molecular complexity index is 887. The number of hydrogen-bond acceptors (Lipinski definition) is 4. The number of benzene rings is 2. The lowest BCUT2D eigenvalue weighted by molar-refractivity contribution is -0.0521. The fourth-order valence-corrected chi connectivity index (χ4v) is 4.04. The number of aryl methyl sites for hydroxylation is 1. The van der Waals surface area contributed by atoms with Gasteiger partial charge in [-0.1, -0.05) is 47.1 Å². The Morgan fingerprint density at radius 3 is 2.57 bits per heavy atom. The van der Waals surface area contributed by atoms with Gasteiger partial charge in [0.1, 0.15) is 11.4 Å². The van der Waals surface area contributed by atoms with Crippen LogP contribution in [0.4, 0.5) is 5.69 Å². The molecule has 1 N–H and O–H groups in total. The Morgan fingerprint density at radius 2 is 1.86 bits per heavy atom. The molecule has 0 unspecified atom stereocenters. The molecule has 1 fully saturated rings. The Hall–Kier alpha value is -2.60. The lowest BCUT2D eigenvalue weighted by Crippen LogP contribution is -2.48. The van der Waals surface area contributed by atoms with Gasteiger partial charge in [0, 0.05) is 32.4 Å². The van der Waals surface area contributed by atoms with Gasteiger partial charge in [-0.3, -0.25) is 0 Å². The number of methoxy groups -OCH3 is 1. The highest BCUT2D eigenvalue weighted by molar-refractivity contribution is 7.80. The minimum Gasteiger partial charge on any atom is -0.495 e. The molecule has 146 valence electrons. The van der Waals surface area contributed by atoms with Gasteiger partial charge in [0.15, 0.2) is 5.11 Å². The van der Waals surface area contributed by atoms with E-state index in [1.807, 2.05) is 24.3 Å². The second kappa shape index (κ2) is 7.80. The number of nitrogens with zero attached hydrogens (tertiary/aromatic N) is 2. The largest absolute Gasteiger partial charge is 0.495 e. The summed E-state index contributed by atoms with van der Waals surface area (Å²) in [6, 6.07) is 16.3. The smallest absolute Gasteiger partial charge is 0.173 e. The number of oxime groups is 1. The minimum atomic E-state index is -0.198.